The van der Waals surface area contributed by atoms with Gasteiger partial charge in [0, 0.05) is 58.6 Å². The highest BCUT2D eigenvalue weighted by molar-refractivity contribution is 6.09. The number of ether oxygens (including phenoxy) is 1. The molecule has 0 radical (unpaired) electrons. The lowest BCUT2D eigenvalue weighted by Gasteiger charge is -2.35. The van der Waals surface area contributed by atoms with Crippen LogP contribution in [-0.4, -0.2) is 88.0 Å². The maximum Gasteiger partial charge on any atom is 0.416 e. The molecule has 1 amide bonds. The van der Waals surface area contributed by atoms with Crippen molar-refractivity contribution in [3.8, 4) is 11.1 Å². The molecule has 7 nitrogen and oxygen atoms in total. The second kappa shape index (κ2) is 11.8. The van der Waals surface area contributed by atoms with Gasteiger partial charge in [-0.3, -0.25) is 9.69 Å². The van der Waals surface area contributed by atoms with Gasteiger partial charge in [0.1, 0.15) is 0 Å². The normalized spacial score (nSPS) is 19.2. The summed E-state index contributed by atoms with van der Waals surface area (Å²) in [6, 6.07) is 14.1. The standard InChI is InChI=1S/C29H34F3N5O2/c1-35-9-11-37(12-10-35)27-6-5-23(22-4-2-3-21(17-22)20-36-13-15-39-16-14-36)18-26(27)34-28(38)24-19-33-8-7-25(24)29(30,31)32/h2-7,17-19,33H,8-16,20H2,1H3,(H,34,38). The van der Waals surface area contributed by atoms with Crippen LogP contribution in [0.5, 0.6) is 0 Å². The predicted octanol–water partition coefficient (Wildman–Crippen LogP) is 3.85. The molecule has 0 spiro atoms. The van der Waals surface area contributed by atoms with Gasteiger partial charge >= 0.3 is 6.18 Å². The van der Waals surface area contributed by atoms with Gasteiger partial charge < -0.3 is 25.2 Å². The van der Waals surface area contributed by atoms with Gasteiger partial charge in [0.25, 0.3) is 5.91 Å². The van der Waals surface area contributed by atoms with Crippen LogP contribution >= 0.6 is 0 Å². The highest BCUT2D eigenvalue weighted by Gasteiger charge is 2.39. The Labute approximate surface area is 226 Å². The van der Waals surface area contributed by atoms with Crippen LogP contribution in [0.15, 0.2) is 65.9 Å². The Kier molecular flexibility index (Phi) is 8.25. The van der Waals surface area contributed by atoms with Gasteiger partial charge in [-0.25, -0.2) is 0 Å². The topological polar surface area (TPSA) is 60.1 Å². The zero-order valence-electron chi connectivity index (χ0n) is 22.1. The molecule has 208 valence electrons. The van der Waals surface area contributed by atoms with Crippen LogP contribution in [0.4, 0.5) is 24.5 Å². The summed E-state index contributed by atoms with van der Waals surface area (Å²) in [5.74, 6) is -0.792. The van der Waals surface area contributed by atoms with E-state index in [1.807, 2.05) is 30.3 Å². The summed E-state index contributed by atoms with van der Waals surface area (Å²) in [7, 11) is 2.06. The SMILES string of the molecule is CN1CCN(c2ccc(-c3cccc(CN4CCOCC4)c3)cc2NC(=O)C2=CNCC=C2C(F)(F)F)CC1. The number of carbonyl (C=O) groups is 1. The number of anilines is 2. The number of carbonyl (C=O) groups excluding carboxylic acids is 1. The lowest BCUT2D eigenvalue weighted by Crippen LogP contribution is -2.44. The number of halogens is 3. The molecule has 39 heavy (non-hydrogen) atoms. The summed E-state index contributed by atoms with van der Waals surface area (Å²) in [5, 5.41) is 5.55. The Morgan fingerprint density at radius 3 is 2.49 bits per heavy atom. The van der Waals surface area contributed by atoms with Gasteiger partial charge in [-0.1, -0.05) is 30.3 Å². The first kappa shape index (κ1) is 27.2. The van der Waals surface area contributed by atoms with E-state index in [0.29, 0.717) is 5.69 Å². The minimum atomic E-state index is -4.62. The number of nitrogens with zero attached hydrogens (tertiary/aromatic N) is 3. The molecular weight excluding hydrogens is 507 g/mol. The predicted molar refractivity (Wildman–Crippen MR) is 147 cm³/mol. The molecule has 3 aliphatic heterocycles. The summed E-state index contributed by atoms with van der Waals surface area (Å²) < 4.78 is 46.4. The van der Waals surface area contributed by atoms with Gasteiger partial charge in [0.2, 0.25) is 0 Å². The average molecular weight is 542 g/mol. The molecule has 0 saturated carbocycles. The van der Waals surface area contributed by atoms with Gasteiger partial charge in [0.15, 0.2) is 0 Å². The number of nitrogens with one attached hydrogen (secondary N) is 2. The third-order valence-corrected chi connectivity index (χ3v) is 7.37. The quantitative estimate of drug-likeness (QED) is 0.580. The van der Waals surface area contributed by atoms with E-state index in [1.54, 1.807) is 0 Å². The molecule has 2 N–H and O–H groups in total. The number of hydrogen-bond donors (Lipinski definition) is 2. The highest BCUT2D eigenvalue weighted by atomic mass is 19.4. The lowest BCUT2D eigenvalue weighted by molar-refractivity contribution is -0.115. The van der Waals surface area contributed by atoms with E-state index in [0.717, 1.165) is 88.1 Å². The molecule has 2 fully saturated rings. The van der Waals surface area contributed by atoms with Crippen molar-refractivity contribution in [1.82, 2.24) is 15.1 Å². The summed E-state index contributed by atoms with van der Waals surface area (Å²) >= 11 is 0. The molecule has 0 atom stereocenters. The smallest absolute Gasteiger partial charge is 0.387 e. The minimum absolute atomic E-state index is 0.0223. The van der Waals surface area contributed by atoms with Crippen LogP contribution in [0.25, 0.3) is 11.1 Å². The Morgan fingerprint density at radius 1 is 1.00 bits per heavy atom. The third kappa shape index (κ3) is 6.63. The fraction of sp³-hybridized carbons (Fsp3) is 0.414. The number of rotatable bonds is 6. The van der Waals surface area contributed by atoms with E-state index in [-0.39, 0.29) is 6.54 Å². The van der Waals surface area contributed by atoms with Gasteiger partial charge in [0.05, 0.1) is 35.7 Å². The molecule has 0 aromatic heterocycles. The maximum atomic E-state index is 13.6. The van der Waals surface area contributed by atoms with Gasteiger partial charge in [-0.05, 0) is 41.9 Å². The molecule has 3 aliphatic rings. The minimum Gasteiger partial charge on any atom is -0.387 e. The molecule has 0 bridgehead atoms. The number of morpholine rings is 1. The molecule has 2 aromatic rings. The molecule has 10 heteroatoms. The first-order chi connectivity index (χ1) is 18.8. The molecule has 2 saturated heterocycles. The summed E-state index contributed by atoms with van der Waals surface area (Å²) in [4.78, 5) is 20.0. The molecule has 5 rings (SSSR count). The number of piperazine rings is 1. The summed E-state index contributed by atoms with van der Waals surface area (Å²) in [6.45, 7) is 7.29. The maximum absolute atomic E-state index is 13.6. The van der Waals surface area contributed by atoms with Crippen molar-refractivity contribution in [2.45, 2.75) is 12.7 Å². The Balaban J connectivity index is 1.44. The van der Waals surface area contributed by atoms with E-state index in [4.69, 9.17) is 4.74 Å². The first-order valence-corrected chi connectivity index (χ1v) is 13.3. The fourth-order valence-corrected chi connectivity index (χ4v) is 5.16. The third-order valence-electron chi connectivity index (χ3n) is 7.37. The zero-order chi connectivity index (χ0) is 27.4. The lowest BCUT2D eigenvalue weighted by atomic mass is 10.00. The van der Waals surface area contributed by atoms with Crippen LogP contribution in [-0.2, 0) is 16.1 Å². The fourth-order valence-electron chi connectivity index (χ4n) is 5.16. The monoisotopic (exact) mass is 541 g/mol. The van der Waals surface area contributed by atoms with Crippen LogP contribution in [0, 0.1) is 0 Å². The van der Waals surface area contributed by atoms with Crippen LogP contribution in [0.1, 0.15) is 5.56 Å². The number of benzene rings is 2. The summed E-state index contributed by atoms with van der Waals surface area (Å²) in [6.07, 6.45) is -2.46. The first-order valence-electron chi connectivity index (χ1n) is 13.3. The van der Waals surface area contributed by atoms with E-state index in [9.17, 15) is 18.0 Å². The van der Waals surface area contributed by atoms with Crippen molar-refractivity contribution in [1.29, 1.82) is 0 Å². The molecule has 3 heterocycles. The zero-order valence-corrected chi connectivity index (χ0v) is 22.1. The molecule has 0 unspecified atom stereocenters. The van der Waals surface area contributed by atoms with E-state index in [1.165, 1.54) is 5.56 Å². The molecular formula is C29H34F3N5O2. The largest absolute Gasteiger partial charge is 0.416 e. The van der Waals surface area contributed by atoms with Crippen molar-refractivity contribution < 1.29 is 22.7 Å². The van der Waals surface area contributed by atoms with Crippen LogP contribution < -0.4 is 15.5 Å². The Hall–Kier alpha value is -3.34. The van der Waals surface area contributed by atoms with E-state index < -0.39 is 23.2 Å². The van der Waals surface area contributed by atoms with E-state index >= 15 is 0 Å². The molecule has 2 aromatic carbocycles. The van der Waals surface area contributed by atoms with Crippen molar-refractivity contribution >= 4 is 17.3 Å². The average Bonchev–Trinajstić information content (AvgIpc) is 2.94. The van der Waals surface area contributed by atoms with Gasteiger partial charge in [-0.2, -0.15) is 13.2 Å². The van der Waals surface area contributed by atoms with Crippen molar-refractivity contribution in [3.63, 3.8) is 0 Å². The second-order valence-corrected chi connectivity index (χ2v) is 10.1. The number of hydrogen-bond acceptors (Lipinski definition) is 6. The number of alkyl halides is 3. The Bertz CT molecular complexity index is 1250. The van der Waals surface area contributed by atoms with Crippen LogP contribution in [0.3, 0.4) is 0 Å². The number of amides is 1. The summed E-state index contributed by atoms with van der Waals surface area (Å²) in [5.41, 5.74) is 2.98. The van der Waals surface area contributed by atoms with E-state index in [2.05, 4.69) is 44.5 Å². The van der Waals surface area contributed by atoms with Gasteiger partial charge in [-0.15, -0.1) is 0 Å². The van der Waals surface area contributed by atoms with Crippen LogP contribution in [0.2, 0.25) is 0 Å². The number of likely N-dealkylation sites (N-methyl/N-ethyl adjacent to an activating group) is 1. The van der Waals surface area contributed by atoms with Crippen molar-refractivity contribution in [3.05, 3.63) is 71.5 Å². The Morgan fingerprint density at radius 2 is 1.74 bits per heavy atom. The van der Waals surface area contributed by atoms with Crippen molar-refractivity contribution in [2.24, 2.45) is 0 Å². The molecule has 0 aliphatic carbocycles. The highest BCUT2D eigenvalue weighted by Crippen LogP contribution is 2.36. The van der Waals surface area contributed by atoms with Crippen molar-refractivity contribution in [2.75, 3.05) is 76.3 Å². The number of dihydropyridines is 1. The second-order valence-electron chi connectivity index (χ2n) is 10.1.